The normalized spacial score (nSPS) is 22.2. The molecule has 2 amide bonds. The fourth-order valence-electron chi connectivity index (χ4n) is 3.00. The summed E-state index contributed by atoms with van der Waals surface area (Å²) in [5, 5.41) is 6.75. The first kappa shape index (κ1) is 17.6. The van der Waals surface area contributed by atoms with Crippen molar-refractivity contribution in [2.24, 2.45) is 5.92 Å². The lowest BCUT2D eigenvalue weighted by Gasteiger charge is -2.38. The number of halogens is 3. The van der Waals surface area contributed by atoms with Crippen molar-refractivity contribution >= 4 is 11.8 Å². The van der Waals surface area contributed by atoms with Crippen molar-refractivity contribution in [3.05, 3.63) is 12.3 Å². The second-order valence-electron chi connectivity index (χ2n) is 6.32. The van der Waals surface area contributed by atoms with Gasteiger partial charge in [-0.25, -0.2) is 4.79 Å². The Hall–Kier alpha value is -1.73. The number of alkyl halides is 3. The molecule has 0 aromatic carbocycles. The number of amides is 2. The summed E-state index contributed by atoms with van der Waals surface area (Å²) in [4.78, 5) is 13.4. The van der Waals surface area contributed by atoms with E-state index < -0.39 is 24.2 Å². The van der Waals surface area contributed by atoms with Crippen molar-refractivity contribution in [3.8, 4) is 0 Å². The Morgan fingerprint density at radius 2 is 2.04 bits per heavy atom. The van der Waals surface area contributed by atoms with Crippen LogP contribution in [-0.4, -0.2) is 40.0 Å². The lowest BCUT2D eigenvalue weighted by molar-refractivity contribution is -0.195. The van der Waals surface area contributed by atoms with Gasteiger partial charge in [-0.15, -0.1) is 0 Å². The number of hydrogen-bond donors (Lipinski definition) is 1. The molecule has 0 radical (unpaired) electrons. The summed E-state index contributed by atoms with van der Waals surface area (Å²) in [6.07, 6.45) is -0.855. The Morgan fingerprint density at radius 3 is 2.61 bits per heavy atom. The number of anilines is 1. The fraction of sp³-hybridized carbons (Fsp3) is 0.733. The first-order chi connectivity index (χ1) is 10.7. The number of rotatable bonds is 3. The standard InChI is InChI=1S/C15H23F3N4O/c1-10(2)22-9-8-13(20-22)19-14(23)21(3)12-7-5-4-6-11(12)15(16,17)18/h8-12H,4-7H2,1-3H3,(H,19,20,23)/t11-,12+/m1/s1. The van der Waals surface area contributed by atoms with E-state index >= 15 is 0 Å². The van der Waals surface area contributed by atoms with E-state index in [-0.39, 0.29) is 12.5 Å². The Balaban J connectivity index is 2.05. The molecular formula is C15H23F3N4O. The highest BCUT2D eigenvalue weighted by molar-refractivity contribution is 5.88. The highest BCUT2D eigenvalue weighted by atomic mass is 19.4. The highest BCUT2D eigenvalue weighted by Gasteiger charge is 2.47. The third kappa shape index (κ3) is 4.17. The summed E-state index contributed by atoms with van der Waals surface area (Å²) in [7, 11) is 1.42. The Labute approximate surface area is 133 Å². The molecule has 8 heteroatoms. The van der Waals surface area contributed by atoms with Crippen LogP contribution in [0.15, 0.2) is 12.3 Å². The van der Waals surface area contributed by atoms with Gasteiger partial charge in [0.25, 0.3) is 0 Å². The van der Waals surface area contributed by atoms with Crippen molar-refractivity contribution in [2.45, 2.75) is 57.8 Å². The minimum Gasteiger partial charge on any atom is -0.324 e. The average Bonchev–Trinajstić information content (AvgIpc) is 2.94. The minimum atomic E-state index is -4.28. The van der Waals surface area contributed by atoms with E-state index in [0.29, 0.717) is 25.1 Å². The van der Waals surface area contributed by atoms with Crippen molar-refractivity contribution in [3.63, 3.8) is 0 Å². The molecule has 1 heterocycles. The minimum absolute atomic E-state index is 0.0771. The van der Waals surface area contributed by atoms with Gasteiger partial charge in [0.05, 0.1) is 5.92 Å². The summed E-state index contributed by atoms with van der Waals surface area (Å²) in [5.41, 5.74) is 0. The van der Waals surface area contributed by atoms with Crippen molar-refractivity contribution < 1.29 is 18.0 Å². The third-order valence-electron chi connectivity index (χ3n) is 4.34. The van der Waals surface area contributed by atoms with E-state index in [4.69, 9.17) is 0 Å². The molecule has 1 N–H and O–H groups in total. The van der Waals surface area contributed by atoms with Gasteiger partial charge < -0.3 is 4.90 Å². The van der Waals surface area contributed by atoms with Crippen molar-refractivity contribution in [1.82, 2.24) is 14.7 Å². The summed E-state index contributed by atoms with van der Waals surface area (Å²) in [6, 6.07) is 0.399. The first-order valence-electron chi connectivity index (χ1n) is 7.86. The fourth-order valence-corrected chi connectivity index (χ4v) is 3.00. The van der Waals surface area contributed by atoms with Crippen LogP contribution in [0.2, 0.25) is 0 Å². The molecular weight excluding hydrogens is 309 g/mol. The molecule has 1 saturated carbocycles. The van der Waals surface area contributed by atoms with Gasteiger partial charge in [0.2, 0.25) is 0 Å². The number of aromatic nitrogens is 2. The molecule has 0 unspecified atom stereocenters. The maximum absolute atomic E-state index is 13.2. The zero-order valence-corrected chi connectivity index (χ0v) is 13.6. The number of urea groups is 1. The molecule has 1 aromatic heterocycles. The molecule has 0 saturated heterocycles. The zero-order valence-electron chi connectivity index (χ0n) is 13.6. The second kappa shape index (κ2) is 6.80. The number of hydrogen-bond acceptors (Lipinski definition) is 2. The van der Waals surface area contributed by atoms with Gasteiger partial charge in [-0.1, -0.05) is 12.8 Å². The molecule has 1 aromatic rings. The molecule has 23 heavy (non-hydrogen) atoms. The lowest BCUT2D eigenvalue weighted by Crippen LogP contribution is -2.49. The summed E-state index contributed by atoms with van der Waals surface area (Å²) >= 11 is 0. The predicted octanol–water partition coefficient (Wildman–Crippen LogP) is 4.05. The monoisotopic (exact) mass is 332 g/mol. The van der Waals surface area contributed by atoms with Gasteiger partial charge in [0.1, 0.15) is 0 Å². The molecule has 0 aliphatic heterocycles. The van der Waals surface area contributed by atoms with E-state index in [1.165, 1.54) is 11.9 Å². The molecule has 0 spiro atoms. The van der Waals surface area contributed by atoms with Gasteiger partial charge in [-0.05, 0) is 26.7 Å². The van der Waals surface area contributed by atoms with Gasteiger partial charge in [0.15, 0.2) is 5.82 Å². The summed E-state index contributed by atoms with van der Waals surface area (Å²) in [5.74, 6) is -1.12. The van der Waals surface area contributed by atoms with Crippen LogP contribution >= 0.6 is 0 Å². The Bertz CT molecular complexity index is 541. The molecule has 1 aliphatic carbocycles. The van der Waals surface area contributed by atoms with Crippen LogP contribution in [-0.2, 0) is 0 Å². The Morgan fingerprint density at radius 1 is 1.39 bits per heavy atom. The van der Waals surface area contributed by atoms with E-state index in [2.05, 4.69) is 10.4 Å². The largest absolute Gasteiger partial charge is 0.393 e. The molecule has 130 valence electrons. The van der Waals surface area contributed by atoms with Crippen LogP contribution < -0.4 is 5.32 Å². The van der Waals surface area contributed by atoms with E-state index in [1.807, 2.05) is 13.8 Å². The van der Waals surface area contributed by atoms with Crippen molar-refractivity contribution in [2.75, 3.05) is 12.4 Å². The summed E-state index contributed by atoms with van der Waals surface area (Å²) in [6.45, 7) is 3.89. The molecule has 1 aliphatic rings. The van der Waals surface area contributed by atoms with E-state index in [9.17, 15) is 18.0 Å². The van der Waals surface area contributed by atoms with Gasteiger partial charge in [0, 0.05) is 31.4 Å². The SMILES string of the molecule is CC(C)n1ccc(NC(=O)N(C)[C@H]2CCCC[C@H]2C(F)(F)F)n1. The van der Waals surface area contributed by atoms with Crippen LogP contribution in [0, 0.1) is 5.92 Å². The topological polar surface area (TPSA) is 50.2 Å². The zero-order chi connectivity index (χ0) is 17.2. The second-order valence-corrected chi connectivity index (χ2v) is 6.32. The lowest BCUT2D eigenvalue weighted by atomic mass is 9.83. The average molecular weight is 332 g/mol. The smallest absolute Gasteiger partial charge is 0.324 e. The van der Waals surface area contributed by atoms with Gasteiger partial charge >= 0.3 is 12.2 Å². The van der Waals surface area contributed by atoms with Gasteiger partial charge in [-0.3, -0.25) is 10.00 Å². The molecule has 2 atom stereocenters. The predicted molar refractivity (Wildman–Crippen MR) is 81.2 cm³/mol. The van der Waals surface area contributed by atoms with Crippen LogP contribution in [0.25, 0.3) is 0 Å². The number of nitrogens with zero attached hydrogens (tertiary/aromatic N) is 3. The van der Waals surface area contributed by atoms with Crippen LogP contribution in [0.4, 0.5) is 23.8 Å². The molecule has 1 fully saturated rings. The van der Waals surface area contributed by atoms with E-state index in [0.717, 1.165) is 0 Å². The Kier molecular flexibility index (Phi) is 5.21. The highest BCUT2D eigenvalue weighted by Crippen LogP contribution is 2.39. The maximum Gasteiger partial charge on any atom is 0.393 e. The summed E-state index contributed by atoms with van der Waals surface area (Å²) < 4.78 is 41.2. The van der Waals surface area contributed by atoms with E-state index in [1.54, 1.807) is 16.9 Å². The van der Waals surface area contributed by atoms with Crippen molar-refractivity contribution in [1.29, 1.82) is 0 Å². The molecule has 5 nitrogen and oxygen atoms in total. The maximum atomic E-state index is 13.2. The van der Waals surface area contributed by atoms with Crippen LogP contribution in [0.1, 0.15) is 45.6 Å². The molecule has 0 bridgehead atoms. The van der Waals surface area contributed by atoms with Gasteiger partial charge in [-0.2, -0.15) is 18.3 Å². The number of nitrogens with one attached hydrogen (secondary N) is 1. The number of carbonyl (C=O) groups is 1. The molecule has 2 rings (SSSR count). The first-order valence-corrected chi connectivity index (χ1v) is 7.86. The van der Waals surface area contributed by atoms with Crippen LogP contribution in [0.5, 0.6) is 0 Å². The number of carbonyl (C=O) groups excluding carboxylic acids is 1. The third-order valence-corrected chi connectivity index (χ3v) is 4.34. The van der Waals surface area contributed by atoms with Crippen LogP contribution in [0.3, 0.4) is 0 Å². The quantitative estimate of drug-likeness (QED) is 0.908.